The zero-order valence-corrected chi connectivity index (χ0v) is 13.3. The van der Waals surface area contributed by atoms with Gasteiger partial charge in [0.05, 0.1) is 22.4 Å². The Bertz CT molecular complexity index is 753. The summed E-state index contributed by atoms with van der Waals surface area (Å²) < 4.78 is 2.11. The second-order valence-corrected chi connectivity index (χ2v) is 5.26. The number of nitrogens with zero attached hydrogens (tertiary/aromatic N) is 1. The fourth-order valence-corrected chi connectivity index (χ4v) is 2.80. The third kappa shape index (κ3) is 2.48. The van der Waals surface area contributed by atoms with Crippen LogP contribution in [0, 0.1) is 0 Å². The summed E-state index contributed by atoms with van der Waals surface area (Å²) in [6, 6.07) is 7.37. The zero-order chi connectivity index (χ0) is 16.4. The highest BCUT2D eigenvalue weighted by atomic mass is 15.0. The van der Waals surface area contributed by atoms with E-state index in [2.05, 4.69) is 16.8 Å². The zero-order valence-electron chi connectivity index (χ0n) is 13.3. The van der Waals surface area contributed by atoms with Crippen LogP contribution in [0.3, 0.4) is 0 Å². The van der Waals surface area contributed by atoms with Gasteiger partial charge in [0.25, 0.3) is 0 Å². The fraction of sp³-hybridized carbons (Fsp3) is 0.250. The van der Waals surface area contributed by atoms with Crippen molar-refractivity contribution in [2.45, 2.75) is 13.5 Å². The van der Waals surface area contributed by atoms with Crippen LogP contribution >= 0.6 is 0 Å². The largest absolute Gasteiger partial charge is 0.399 e. The summed E-state index contributed by atoms with van der Waals surface area (Å²) in [6.07, 6.45) is 0. The molecule has 1 heterocycles. The number of aryl methyl sites for hydroxylation is 1. The van der Waals surface area contributed by atoms with Gasteiger partial charge >= 0.3 is 0 Å². The van der Waals surface area contributed by atoms with Crippen molar-refractivity contribution in [2.24, 2.45) is 0 Å². The van der Waals surface area contributed by atoms with Crippen molar-refractivity contribution in [1.29, 1.82) is 0 Å². The summed E-state index contributed by atoms with van der Waals surface area (Å²) in [5.74, 6) is 0. The first-order chi connectivity index (χ1) is 10.4. The molecule has 0 aliphatic carbocycles. The monoisotopic (exact) mass is 300 g/mol. The predicted octanol–water partition coefficient (Wildman–Crippen LogP) is 1.98. The van der Waals surface area contributed by atoms with E-state index in [1.165, 1.54) is 0 Å². The number of nitrogens with one attached hydrogen (secondary N) is 1. The lowest BCUT2D eigenvalue weighted by Gasteiger charge is -2.07. The maximum atomic E-state index is 6.11. The van der Waals surface area contributed by atoms with Gasteiger partial charge in [-0.25, -0.2) is 0 Å². The first kappa shape index (κ1) is 15.8. The summed E-state index contributed by atoms with van der Waals surface area (Å²) >= 11 is 0. The number of aromatic nitrogens is 1. The van der Waals surface area contributed by atoms with Gasteiger partial charge in [-0.15, -0.1) is 0 Å². The topological polar surface area (TPSA) is 121 Å². The molecule has 0 unspecified atom stereocenters. The van der Waals surface area contributed by atoms with Crippen LogP contribution in [0.1, 0.15) is 6.92 Å². The van der Waals surface area contributed by atoms with Crippen LogP contribution in [-0.2, 0) is 6.54 Å². The van der Waals surface area contributed by atoms with Crippen LogP contribution in [0.2, 0.25) is 0 Å². The normalized spacial score (nSPS) is 10.7. The summed E-state index contributed by atoms with van der Waals surface area (Å²) in [6.45, 7) is 2.84. The van der Waals surface area contributed by atoms with Crippen LogP contribution in [-0.4, -0.2) is 18.7 Å². The lowest BCUT2D eigenvalue weighted by atomic mass is 10.1. The molecule has 6 nitrogen and oxygen atoms in total. The first-order valence-electron chi connectivity index (χ1n) is 7.18. The number of rotatable bonds is 1. The molecule has 3 aromatic rings. The van der Waals surface area contributed by atoms with E-state index < -0.39 is 0 Å². The van der Waals surface area contributed by atoms with Crippen LogP contribution in [0.4, 0.5) is 22.7 Å². The van der Waals surface area contributed by atoms with E-state index in [4.69, 9.17) is 22.9 Å². The molecule has 0 fully saturated rings. The molecule has 2 aromatic carbocycles. The SMILES string of the molecule is CCn1c2c(N)cc(N)cc2c2cc(N)cc(N)c21.CNC. The van der Waals surface area contributed by atoms with E-state index in [9.17, 15) is 0 Å². The molecular formula is C16H24N6. The maximum Gasteiger partial charge on any atom is 0.0726 e. The maximum absolute atomic E-state index is 6.11. The molecule has 0 spiro atoms. The van der Waals surface area contributed by atoms with Gasteiger partial charge < -0.3 is 32.8 Å². The van der Waals surface area contributed by atoms with E-state index in [1.807, 2.05) is 26.2 Å². The third-order valence-corrected chi connectivity index (χ3v) is 3.47. The van der Waals surface area contributed by atoms with Gasteiger partial charge in [-0.3, -0.25) is 0 Å². The van der Waals surface area contributed by atoms with Crippen molar-refractivity contribution in [3.63, 3.8) is 0 Å². The standard InChI is InChI=1S/C14H17N5.C2H7N/c1-2-19-13-9(3-7(15)5-11(13)17)10-4-8(16)6-12(18)14(10)19;1-3-2/h3-6H,2,15-18H2,1H3;3H,1-2H3. The van der Waals surface area contributed by atoms with Gasteiger partial charge in [0.15, 0.2) is 0 Å². The Morgan fingerprint density at radius 2 is 1.18 bits per heavy atom. The Morgan fingerprint density at radius 1 is 0.818 bits per heavy atom. The van der Waals surface area contributed by atoms with Crippen LogP contribution < -0.4 is 28.3 Å². The highest BCUT2D eigenvalue weighted by molar-refractivity contribution is 6.16. The number of nitrogens with two attached hydrogens (primary N) is 4. The van der Waals surface area contributed by atoms with Crippen molar-refractivity contribution in [2.75, 3.05) is 37.0 Å². The van der Waals surface area contributed by atoms with E-state index in [-0.39, 0.29) is 0 Å². The molecule has 0 saturated heterocycles. The van der Waals surface area contributed by atoms with Gasteiger partial charge in [0.2, 0.25) is 0 Å². The van der Waals surface area contributed by atoms with Crippen molar-refractivity contribution in [1.82, 2.24) is 9.88 Å². The van der Waals surface area contributed by atoms with Gasteiger partial charge in [-0.2, -0.15) is 0 Å². The molecule has 118 valence electrons. The summed E-state index contributed by atoms with van der Waals surface area (Å²) in [5, 5.41) is 4.74. The third-order valence-electron chi connectivity index (χ3n) is 3.47. The minimum atomic E-state index is 0.640. The van der Waals surface area contributed by atoms with Gasteiger partial charge in [0, 0.05) is 28.7 Å². The number of anilines is 4. The van der Waals surface area contributed by atoms with Gasteiger partial charge in [-0.05, 0) is 45.3 Å². The predicted molar refractivity (Wildman–Crippen MR) is 97.8 cm³/mol. The highest BCUT2D eigenvalue weighted by Gasteiger charge is 2.15. The van der Waals surface area contributed by atoms with Gasteiger partial charge in [-0.1, -0.05) is 0 Å². The van der Waals surface area contributed by atoms with Crippen LogP contribution in [0.15, 0.2) is 24.3 Å². The molecular weight excluding hydrogens is 276 g/mol. The molecule has 3 rings (SSSR count). The average molecular weight is 300 g/mol. The molecule has 0 atom stereocenters. The Kier molecular flexibility index (Phi) is 4.32. The molecule has 0 bridgehead atoms. The van der Waals surface area contributed by atoms with Gasteiger partial charge in [0.1, 0.15) is 0 Å². The highest BCUT2D eigenvalue weighted by Crippen LogP contribution is 2.37. The van der Waals surface area contributed by atoms with Crippen molar-refractivity contribution < 1.29 is 0 Å². The molecule has 0 aliphatic heterocycles. The Balaban J connectivity index is 0.000000545. The summed E-state index contributed by atoms with van der Waals surface area (Å²) in [5.41, 5.74) is 28.5. The Labute approximate surface area is 130 Å². The fourth-order valence-electron chi connectivity index (χ4n) is 2.80. The van der Waals surface area contributed by atoms with Crippen molar-refractivity contribution in [3.05, 3.63) is 24.3 Å². The summed E-state index contributed by atoms with van der Waals surface area (Å²) in [4.78, 5) is 0. The number of nitrogen functional groups attached to an aromatic ring is 4. The second-order valence-electron chi connectivity index (χ2n) is 5.26. The minimum Gasteiger partial charge on any atom is -0.399 e. The van der Waals surface area contributed by atoms with Crippen molar-refractivity contribution >= 4 is 44.6 Å². The van der Waals surface area contributed by atoms with E-state index >= 15 is 0 Å². The lowest BCUT2D eigenvalue weighted by molar-refractivity contribution is 0.829. The number of hydrogen-bond acceptors (Lipinski definition) is 5. The van der Waals surface area contributed by atoms with Crippen molar-refractivity contribution in [3.8, 4) is 0 Å². The van der Waals surface area contributed by atoms with E-state index in [0.717, 1.165) is 28.4 Å². The quantitative estimate of drug-likeness (QED) is 0.440. The lowest BCUT2D eigenvalue weighted by Crippen LogP contribution is -2.00. The molecule has 1 aromatic heterocycles. The summed E-state index contributed by atoms with van der Waals surface area (Å²) in [7, 11) is 3.75. The second kappa shape index (κ2) is 6.03. The van der Waals surface area contributed by atoms with E-state index in [1.54, 1.807) is 12.1 Å². The molecule has 9 N–H and O–H groups in total. The molecule has 0 saturated carbocycles. The molecule has 6 heteroatoms. The Hall–Kier alpha value is -2.60. The number of benzene rings is 2. The molecule has 0 amide bonds. The van der Waals surface area contributed by atoms with Crippen LogP contribution in [0.5, 0.6) is 0 Å². The molecule has 0 aliphatic rings. The average Bonchev–Trinajstić information content (AvgIpc) is 2.74. The molecule has 22 heavy (non-hydrogen) atoms. The van der Waals surface area contributed by atoms with E-state index in [0.29, 0.717) is 22.7 Å². The number of hydrogen-bond donors (Lipinski definition) is 5. The number of fused-ring (bicyclic) bond motifs is 3. The first-order valence-corrected chi connectivity index (χ1v) is 7.18. The molecule has 0 radical (unpaired) electrons. The minimum absolute atomic E-state index is 0.640. The van der Waals surface area contributed by atoms with Crippen LogP contribution in [0.25, 0.3) is 21.8 Å². The Morgan fingerprint density at radius 3 is 1.50 bits per heavy atom. The smallest absolute Gasteiger partial charge is 0.0726 e.